The molecule has 410 valence electrons. The van der Waals surface area contributed by atoms with Gasteiger partial charge in [-0.1, -0.05) is 246 Å². The largest absolute Gasteiger partial charge is 0.494 e. The van der Waals surface area contributed by atoms with Gasteiger partial charge in [0.1, 0.15) is 0 Å². The average Bonchev–Trinajstić information content (AvgIpc) is 3.08. The molecule has 0 bridgehead atoms. The van der Waals surface area contributed by atoms with Crippen LogP contribution in [0.2, 0.25) is 0 Å². The van der Waals surface area contributed by atoms with Crippen LogP contribution in [0.15, 0.2) is 280 Å². The summed E-state index contributed by atoms with van der Waals surface area (Å²) in [5.74, 6) is 3.89. The summed E-state index contributed by atoms with van der Waals surface area (Å²) in [7, 11) is -0.413. The van der Waals surface area contributed by atoms with Crippen LogP contribution in [0, 0.1) is 0 Å². The molecule has 1 fully saturated rings. The molecule has 10 aromatic carbocycles. The Kier molecular flexibility index (Phi) is 17.8. The third kappa shape index (κ3) is 13.7. The minimum atomic E-state index is -0.413. The van der Waals surface area contributed by atoms with Crippen molar-refractivity contribution in [2.75, 3.05) is 0 Å². The molecule has 0 radical (unpaired) electrons. The minimum Gasteiger partial charge on any atom is -0.399 e. The van der Waals surface area contributed by atoms with Gasteiger partial charge in [-0.2, -0.15) is 0 Å². The Balaban J connectivity index is 0.000000155. The van der Waals surface area contributed by atoms with Crippen molar-refractivity contribution in [1.82, 2.24) is 29.9 Å². The van der Waals surface area contributed by atoms with E-state index in [1.165, 1.54) is 0 Å². The Labute approximate surface area is 516 Å². The van der Waals surface area contributed by atoms with E-state index in [1.807, 2.05) is 170 Å². The molecule has 1 saturated heterocycles. The molecule has 0 saturated carbocycles. The Morgan fingerprint density at radius 3 is 0.881 bits per heavy atom. The zero-order valence-corrected chi connectivity index (χ0v) is 51.4. The van der Waals surface area contributed by atoms with E-state index in [9.17, 15) is 0 Å². The smallest absolute Gasteiger partial charge is 0.399 e. The lowest BCUT2D eigenvalue weighted by Gasteiger charge is -2.32. The van der Waals surface area contributed by atoms with E-state index in [0.29, 0.717) is 34.9 Å². The van der Waals surface area contributed by atoms with Crippen LogP contribution in [0.3, 0.4) is 0 Å². The van der Waals surface area contributed by atoms with E-state index < -0.39 is 7.12 Å². The number of benzene rings is 10. The van der Waals surface area contributed by atoms with Crippen molar-refractivity contribution in [2.24, 2.45) is 0 Å². The SMILES string of the molecule is Brc1ccccc1-c1cccc(-c2cccc(-c3nc(-c4ccccc4)nc(-c4ccccc4)n3)c2)c1.Brc1ccccc1Br.CC1(C)OB(c2cccc(-c3cccc(-c4nc(-c5ccccc5)nc(-c5ccccc5)n4)c3)c2)OC1(C)C. The predicted molar refractivity (Wildman–Crippen MR) is 354 cm³/mol. The van der Waals surface area contributed by atoms with Gasteiger partial charge < -0.3 is 9.31 Å². The molecular formula is C72H56BBr3N6O2. The van der Waals surface area contributed by atoms with Crippen LogP contribution < -0.4 is 5.46 Å². The molecule has 12 heteroatoms. The number of aromatic nitrogens is 6. The van der Waals surface area contributed by atoms with Crippen LogP contribution in [0.5, 0.6) is 0 Å². The molecule has 1 aliphatic heterocycles. The van der Waals surface area contributed by atoms with Crippen molar-refractivity contribution in [3.63, 3.8) is 0 Å². The zero-order chi connectivity index (χ0) is 58.0. The highest BCUT2D eigenvalue weighted by Crippen LogP contribution is 2.38. The number of hydrogen-bond acceptors (Lipinski definition) is 8. The third-order valence-corrected chi connectivity index (χ3v) is 17.2. The predicted octanol–water partition coefficient (Wildman–Crippen LogP) is 19.0. The second-order valence-corrected chi connectivity index (χ2v) is 23.5. The first-order chi connectivity index (χ1) is 40.8. The maximum atomic E-state index is 6.30. The summed E-state index contributed by atoms with van der Waals surface area (Å²) >= 11 is 10.4. The van der Waals surface area contributed by atoms with E-state index in [2.05, 4.69) is 173 Å². The number of nitrogens with zero attached hydrogens (tertiary/aromatic N) is 6. The fourth-order valence-electron chi connectivity index (χ4n) is 9.40. The molecule has 0 unspecified atom stereocenters. The molecule has 12 aromatic rings. The summed E-state index contributed by atoms with van der Waals surface area (Å²) in [5, 5.41) is 0. The Morgan fingerprint density at radius 2 is 0.524 bits per heavy atom. The average molecular weight is 1290 g/mol. The van der Waals surface area contributed by atoms with Crippen LogP contribution in [0.1, 0.15) is 27.7 Å². The van der Waals surface area contributed by atoms with Crippen LogP contribution in [0.4, 0.5) is 0 Å². The molecule has 0 aliphatic carbocycles. The maximum absolute atomic E-state index is 6.30. The quantitative estimate of drug-likeness (QED) is 0.125. The van der Waals surface area contributed by atoms with Gasteiger partial charge in [-0.15, -0.1) is 0 Å². The number of halogens is 3. The second-order valence-electron chi connectivity index (χ2n) is 20.9. The molecule has 84 heavy (non-hydrogen) atoms. The van der Waals surface area contributed by atoms with E-state index in [-0.39, 0.29) is 11.2 Å². The monoisotopic (exact) mass is 1280 g/mol. The summed E-state index contributed by atoms with van der Waals surface area (Å²) in [5.41, 5.74) is 12.6. The van der Waals surface area contributed by atoms with Crippen molar-refractivity contribution < 1.29 is 9.31 Å². The van der Waals surface area contributed by atoms with Gasteiger partial charge in [0.05, 0.1) is 11.2 Å². The van der Waals surface area contributed by atoms with E-state index in [0.717, 1.165) is 85.6 Å². The van der Waals surface area contributed by atoms with Gasteiger partial charge in [-0.05, 0) is 135 Å². The van der Waals surface area contributed by atoms with Gasteiger partial charge in [-0.25, -0.2) is 29.9 Å². The first-order valence-corrected chi connectivity index (χ1v) is 29.9. The first kappa shape index (κ1) is 57.5. The number of rotatable bonds is 10. The lowest BCUT2D eigenvalue weighted by Crippen LogP contribution is -2.41. The van der Waals surface area contributed by atoms with Crippen molar-refractivity contribution in [2.45, 2.75) is 38.9 Å². The normalized spacial score (nSPS) is 13.0. The highest BCUT2D eigenvalue weighted by atomic mass is 79.9. The highest BCUT2D eigenvalue weighted by Gasteiger charge is 2.51. The van der Waals surface area contributed by atoms with Crippen LogP contribution in [-0.4, -0.2) is 48.2 Å². The van der Waals surface area contributed by atoms with Gasteiger partial charge in [0.2, 0.25) is 0 Å². The lowest BCUT2D eigenvalue weighted by atomic mass is 9.78. The molecule has 0 atom stereocenters. The van der Waals surface area contributed by atoms with Gasteiger partial charge in [-0.3, -0.25) is 0 Å². The van der Waals surface area contributed by atoms with Gasteiger partial charge in [0.25, 0.3) is 0 Å². The molecule has 1 aliphatic rings. The summed E-state index contributed by atoms with van der Waals surface area (Å²) in [6.07, 6.45) is 0. The minimum absolute atomic E-state index is 0.390. The van der Waals surface area contributed by atoms with Gasteiger partial charge >= 0.3 is 7.12 Å². The Hall–Kier alpha value is -8.36. The summed E-state index contributed by atoms with van der Waals surface area (Å²) in [6, 6.07) is 90.0. The van der Waals surface area contributed by atoms with E-state index in [1.54, 1.807) is 0 Å². The molecule has 0 N–H and O–H groups in total. The molecule has 13 rings (SSSR count). The number of hydrogen-bond donors (Lipinski definition) is 0. The van der Waals surface area contributed by atoms with E-state index in [4.69, 9.17) is 39.2 Å². The Bertz CT molecular complexity index is 4060. The highest BCUT2D eigenvalue weighted by molar-refractivity contribution is 9.13. The van der Waals surface area contributed by atoms with Crippen molar-refractivity contribution in [3.05, 3.63) is 280 Å². The maximum Gasteiger partial charge on any atom is 0.494 e. The first-order valence-electron chi connectivity index (χ1n) is 27.5. The molecule has 0 spiro atoms. The fraction of sp³-hybridized carbons (Fsp3) is 0.0833. The van der Waals surface area contributed by atoms with Crippen molar-refractivity contribution in [3.8, 4) is 102 Å². The van der Waals surface area contributed by atoms with E-state index >= 15 is 0 Å². The molecule has 8 nitrogen and oxygen atoms in total. The summed E-state index contributed by atoms with van der Waals surface area (Å²) < 4.78 is 15.9. The van der Waals surface area contributed by atoms with Crippen molar-refractivity contribution >= 4 is 60.4 Å². The third-order valence-electron chi connectivity index (χ3n) is 14.6. The standard InChI is InChI=1S/C33H30BN3O2.C33H22BrN3.C6H4Br2/c1-32(2)33(3,4)39-34(38-32)28-20-12-18-26(22-28)25-17-11-19-27(21-25)31-36-29(23-13-7-5-8-14-23)35-30(37-31)24-15-9-6-10-16-24;34-30-20-8-7-19-29(30)27-17-9-15-25(21-27)26-16-10-18-28(22-26)33-36-31(23-11-3-1-4-12-23)35-32(37-33)24-13-5-2-6-14-24;7-5-3-1-2-4-6(5)8/h5-22H,1-4H3;1-22H;1-4H. The van der Waals surface area contributed by atoms with Crippen molar-refractivity contribution in [1.29, 1.82) is 0 Å². The topological polar surface area (TPSA) is 95.8 Å². The van der Waals surface area contributed by atoms with Crippen LogP contribution in [0.25, 0.3) is 102 Å². The van der Waals surface area contributed by atoms with Gasteiger partial charge in [0.15, 0.2) is 34.9 Å². The molecule has 0 amide bonds. The molecule has 2 aromatic heterocycles. The fourth-order valence-corrected chi connectivity index (χ4v) is 10.5. The molecule has 3 heterocycles. The zero-order valence-electron chi connectivity index (χ0n) is 46.6. The lowest BCUT2D eigenvalue weighted by molar-refractivity contribution is 0.00578. The second kappa shape index (κ2) is 26.1. The van der Waals surface area contributed by atoms with Crippen LogP contribution in [-0.2, 0) is 9.31 Å². The summed E-state index contributed by atoms with van der Waals surface area (Å²) in [4.78, 5) is 29.1. The molecular weight excluding hydrogens is 1230 g/mol. The van der Waals surface area contributed by atoms with Crippen LogP contribution >= 0.6 is 47.8 Å². The van der Waals surface area contributed by atoms with Gasteiger partial charge in [0, 0.05) is 46.8 Å². The Morgan fingerprint density at radius 1 is 0.262 bits per heavy atom. The summed E-state index contributed by atoms with van der Waals surface area (Å²) in [6.45, 7) is 8.29.